The number of likely N-dealkylation sites (tertiary alicyclic amines) is 1. The van der Waals surface area contributed by atoms with E-state index in [1.54, 1.807) is 19.2 Å². The Balaban J connectivity index is 1.44. The number of methoxy groups -OCH3 is 1. The quantitative estimate of drug-likeness (QED) is 0.598. The van der Waals surface area contributed by atoms with Gasteiger partial charge in [0.15, 0.2) is 5.78 Å². The van der Waals surface area contributed by atoms with Crippen molar-refractivity contribution in [3.8, 4) is 0 Å². The summed E-state index contributed by atoms with van der Waals surface area (Å²) in [4.78, 5) is 18.3. The van der Waals surface area contributed by atoms with E-state index in [4.69, 9.17) is 4.74 Å². The maximum atomic E-state index is 13.1. The standard InChI is InChI=1S/C24H27FN2O2/c1-29-13-12-27-10-8-18(9-11-27)19-4-7-22-20(15-19)16-23(26-22)24(28)14-17-2-5-21(25)6-3-17/h2-7,15-16,18,26H,8-14H2,1H3. The number of aromatic nitrogens is 1. The third-order valence-electron chi connectivity index (χ3n) is 5.89. The Morgan fingerprint density at radius 3 is 2.62 bits per heavy atom. The van der Waals surface area contributed by atoms with E-state index < -0.39 is 0 Å². The first-order valence-corrected chi connectivity index (χ1v) is 10.2. The van der Waals surface area contributed by atoms with E-state index in [1.807, 2.05) is 6.07 Å². The molecule has 0 radical (unpaired) electrons. The number of hydrogen-bond donors (Lipinski definition) is 1. The molecule has 1 aromatic heterocycles. The van der Waals surface area contributed by atoms with Crippen LogP contribution in [0.3, 0.4) is 0 Å². The van der Waals surface area contributed by atoms with Crippen LogP contribution in [0.5, 0.6) is 0 Å². The van der Waals surface area contributed by atoms with Gasteiger partial charge in [-0.1, -0.05) is 18.2 Å². The zero-order valence-corrected chi connectivity index (χ0v) is 16.8. The molecule has 1 N–H and O–H groups in total. The fraction of sp³-hybridized carbons (Fsp3) is 0.375. The molecule has 1 aliphatic heterocycles. The van der Waals surface area contributed by atoms with Gasteiger partial charge in [-0.15, -0.1) is 0 Å². The molecular formula is C24H27FN2O2. The lowest BCUT2D eigenvalue weighted by molar-refractivity contribution is 0.0989. The Kier molecular flexibility index (Phi) is 6.07. The summed E-state index contributed by atoms with van der Waals surface area (Å²) in [7, 11) is 1.75. The molecule has 0 bridgehead atoms. The van der Waals surface area contributed by atoms with Gasteiger partial charge < -0.3 is 14.6 Å². The summed E-state index contributed by atoms with van der Waals surface area (Å²) in [5, 5.41) is 1.08. The van der Waals surface area contributed by atoms with Gasteiger partial charge in [0.25, 0.3) is 0 Å². The molecule has 152 valence electrons. The number of rotatable bonds is 7. The molecule has 1 saturated heterocycles. The van der Waals surface area contributed by atoms with E-state index in [0.717, 1.165) is 55.5 Å². The van der Waals surface area contributed by atoms with Gasteiger partial charge in [0.1, 0.15) is 5.82 Å². The van der Waals surface area contributed by atoms with Crippen LogP contribution in [-0.4, -0.2) is 49.0 Å². The number of H-pyrrole nitrogens is 1. The SMILES string of the molecule is COCCN1CCC(c2ccc3[nH]c(C(=O)Cc4ccc(F)cc4)cc3c2)CC1. The van der Waals surface area contributed by atoms with Crippen LogP contribution in [-0.2, 0) is 11.2 Å². The van der Waals surface area contributed by atoms with Gasteiger partial charge in [0, 0.05) is 31.0 Å². The summed E-state index contributed by atoms with van der Waals surface area (Å²) in [6, 6.07) is 14.5. The number of hydrogen-bond acceptors (Lipinski definition) is 3. The van der Waals surface area contributed by atoms with Crippen LogP contribution in [0.1, 0.15) is 40.4 Å². The van der Waals surface area contributed by atoms with Crippen molar-refractivity contribution in [2.75, 3.05) is 33.4 Å². The lowest BCUT2D eigenvalue weighted by Crippen LogP contribution is -2.35. The fourth-order valence-electron chi connectivity index (χ4n) is 4.15. The predicted molar refractivity (Wildman–Crippen MR) is 113 cm³/mol. The molecule has 3 aromatic rings. The summed E-state index contributed by atoms with van der Waals surface area (Å²) >= 11 is 0. The maximum absolute atomic E-state index is 13.1. The first-order valence-electron chi connectivity index (χ1n) is 10.2. The second kappa shape index (κ2) is 8.89. The number of halogens is 1. The van der Waals surface area contributed by atoms with Gasteiger partial charge in [-0.05, 0) is 73.3 Å². The van der Waals surface area contributed by atoms with Crippen molar-refractivity contribution in [2.24, 2.45) is 0 Å². The average Bonchev–Trinajstić information content (AvgIpc) is 3.18. The third-order valence-corrected chi connectivity index (χ3v) is 5.89. The highest BCUT2D eigenvalue weighted by atomic mass is 19.1. The molecule has 0 atom stereocenters. The first-order chi connectivity index (χ1) is 14.1. The minimum Gasteiger partial charge on any atom is -0.383 e. The Labute approximate surface area is 170 Å². The Bertz CT molecular complexity index is 972. The number of carbonyl (C=O) groups excluding carboxylic acids is 1. The summed E-state index contributed by atoms with van der Waals surface area (Å²) in [6.45, 7) is 3.98. The minimum absolute atomic E-state index is 0.0146. The van der Waals surface area contributed by atoms with Gasteiger partial charge in [0.2, 0.25) is 0 Å². The number of fused-ring (bicyclic) bond motifs is 1. The van der Waals surface area contributed by atoms with Crippen molar-refractivity contribution in [2.45, 2.75) is 25.2 Å². The normalized spacial score (nSPS) is 15.8. The highest BCUT2D eigenvalue weighted by Gasteiger charge is 2.21. The molecule has 1 aliphatic rings. The van der Waals surface area contributed by atoms with E-state index in [0.29, 0.717) is 11.6 Å². The number of ether oxygens (including phenoxy) is 1. The van der Waals surface area contributed by atoms with Crippen molar-refractivity contribution < 1.29 is 13.9 Å². The molecule has 2 heterocycles. The Hall–Kier alpha value is -2.50. The molecule has 2 aromatic carbocycles. The molecule has 1 fully saturated rings. The number of nitrogens with one attached hydrogen (secondary N) is 1. The molecule has 0 saturated carbocycles. The first kappa shape index (κ1) is 19.8. The van der Waals surface area contributed by atoms with Crippen LogP contribution in [0.15, 0.2) is 48.5 Å². The van der Waals surface area contributed by atoms with Gasteiger partial charge in [-0.25, -0.2) is 4.39 Å². The maximum Gasteiger partial charge on any atom is 0.183 e. The van der Waals surface area contributed by atoms with Crippen molar-refractivity contribution >= 4 is 16.7 Å². The molecule has 4 nitrogen and oxygen atoms in total. The predicted octanol–water partition coefficient (Wildman–Crippen LogP) is 4.56. The molecule has 29 heavy (non-hydrogen) atoms. The zero-order chi connectivity index (χ0) is 20.2. The summed E-state index contributed by atoms with van der Waals surface area (Å²) in [6.07, 6.45) is 2.56. The Morgan fingerprint density at radius 1 is 1.14 bits per heavy atom. The molecule has 4 rings (SSSR count). The number of benzene rings is 2. The van der Waals surface area contributed by atoms with Crippen LogP contribution in [0, 0.1) is 5.82 Å². The molecule has 0 aliphatic carbocycles. The number of aromatic amines is 1. The lowest BCUT2D eigenvalue weighted by Gasteiger charge is -2.32. The number of Topliss-reactive ketones (excluding diaryl/α,β-unsaturated/α-hetero) is 1. The van der Waals surface area contributed by atoms with Gasteiger partial charge >= 0.3 is 0 Å². The fourth-order valence-corrected chi connectivity index (χ4v) is 4.15. The van der Waals surface area contributed by atoms with Crippen LogP contribution in [0.4, 0.5) is 4.39 Å². The second-order valence-corrected chi connectivity index (χ2v) is 7.86. The monoisotopic (exact) mass is 394 g/mol. The van der Waals surface area contributed by atoms with Crippen LogP contribution >= 0.6 is 0 Å². The van der Waals surface area contributed by atoms with E-state index in [1.165, 1.54) is 17.7 Å². The largest absolute Gasteiger partial charge is 0.383 e. The van der Waals surface area contributed by atoms with Gasteiger partial charge in [-0.3, -0.25) is 4.79 Å². The Morgan fingerprint density at radius 2 is 1.90 bits per heavy atom. The summed E-state index contributed by atoms with van der Waals surface area (Å²) in [5.74, 6) is 0.288. The summed E-state index contributed by atoms with van der Waals surface area (Å²) < 4.78 is 18.2. The van der Waals surface area contributed by atoms with E-state index in [9.17, 15) is 9.18 Å². The van der Waals surface area contributed by atoms with Crippen LogP contribution in [0.2, 0.25) is 0 Å². The molecule has 0 spiro atoms. The average molecular weight is 394 g/mol. The van der Waals surface area contributed by atoms with Crippen LogP contribution < -0.4 is 0 Å². The zero-order valence-electron chi connectivity index (χ0n) is 16.8. The van der Waals surface area contributed by atoms with Crippen molar-refractivity contribution in [3.63, 3.8) is 0 Å². The topological polar surface area (TPSA) is 45.3 Å². The highest BCUT2D eigenvalue weighted by Crippen LogP contribution is 2.30. The van der Waals surface area contributed by atoms with E-state index in [2.05, 4.69) is 28.1 Å². The smallest absolute Gasteiger partial charge is 0.183 e. The second-order valence-electron chi connectivity index (χ2n) is 7.86. The molecular weight excluding hydrogens is 367 g/mol. The van der Waals surface area contributed by atoms with Crippen LogP contribution in [0.25, 0.3) is 10.9 Å². The van der Waals surface area contributed by atoms with Gasteiger partial charge in [-0.2, -0.15) is 0 Å². The van der Waals surface area contributed by atoms with Crippen molar-refractivity contribution in [1.29, 1.82) is 0 Å². The highest BCUT2D eigenvalue weighted by molar-refractivity contribution is 6.00. The molecule has 5 heteroatoms. The van der Waals surface area contributed by atoms with Crippen molar-refractivity contribution in [3.05, 3.63) is 71.2 Å². The number of carbonyl (C=O) groups is 1. The summed E-state index contributed by atoms with van der Waals surface area (Å²) in [5.41, 5.74) is 3.75. The number of nitrogens with zero attached hydrogens (tertiary/aromatic N) is 1. The lowest BCUT2D eigenvalue weighted by atomic mass is 9.89. The molecule has 0 unspecified atom stereocenters. The number of piperidine rings is 1. The van der Waals surface area contributed by atoms with Gasteiger partial charge in [0.05, 0.1) is 12.3 Å². The van der Waals surface area contributed by atoms with E-state index >= 15 is 0 Å². The number of ketones is 1. The van der Waals surface area contributed by atoms with Crippen molar-refractivity contribution in [1.82, 2.24) is 9.88 Å². The molecule has 0 amide bonds. The minimum atomic E-state index is -0.288. The van der Waals surface area contributed by atoms with E-state index in [-0.39, 0.29) is 18.0 Å². The third kappa shape index (κ3) is 4.74.